The SMILES string of the molecule is CC(=O)Nc1c2c(nn1-c1ccc(Cl)cc1)CS(=O)(=O)C2. The van der Waals surface area contributed by atoms with Gasteiger partial charge in [-0.2, -0.15) is 5.10 Å². The van der Waals surface area contributed by atoms with Crippen LogP contribution in [0.15, 0.2) is 24.3 Å². The van der Waals surface area contributed by atoms with Crippen LogP contribution < -0.4 is 5.32 Å². The van der Waals surface area contributed by atoms with Gasteiger partial charge in [0.05, 0.1) is 22.9 Å². The van der Waals surface area contributed by atoms with Crippen LogP contribution in [0.5, 0.6) is 0 Å². The Bertz CT molecular complexity index is 825. The molecule has 2 aromatic rings. The molecule has 6 nitrogen and oxygen atoms in total. The van der Waals surface area contributed by atoms with Crippen molar-refractivity contribution in [3.8, 4) is 5.69 Å². The summed E-state index contributed by atoms with van der Waals surface area (Å²) in [5.74, 6) is -0.0840. The number of sulfone groups is 1. The predicted molar refractivity (Wildman–Crippen MR) is 79.2 cm³/mol. The Labute approximate surface area is 126 Å². The Hall–Kier alpha value is -1.86. The highest BCUT2D eigenvalue weighted by Gasteiger charge is 2.32. The smallest absolute Gasteiger partial charge is 0.222 e. The quantitative estimate of drug-likeness (QED) is 0.914. The molecular formula is C13H12ClN3O3S. The summed E-state index contributed by atoms with van der Waals surface area (Å²) in [5.41, 5.74) is 1.74. The minimum absolute atomic E-state index is 0.102. The fraction of sp³-hybridized carbons (Fsp3) is 0.231. The highest BCUT2D eigenvalue weighted by molar-refractivity contribution is 7.90. The lowest BCUT2D eigenvalue weighted by Crippen LogP contribution is -2.13. The predicted octanol–water partition coefficient (Wildman–Crippen LogP) is 1.91. The van der Waals surface area contributed by atoms with Crippen LogP contribution in [0.1, 0.15) is 18.2 Å². The van der Waals surface area contributed by atoms with Crippen molar-refractivity contribution in [1.82, 2.24) is 9.78 Å². The molecule has 1 aromatic heterocycles. The Kier molecular flexibility index (Phi) is 3.26. The molecule has 110 valence electrons. The number of hydrogen-bond acceptors (Lipinski definition) is 4. The molecule has 1 aliphatic rings. The van der Waals surface area contributed by atoms with E-state index < -0.39 is 9.84 Å². The minimum Gasteiger partial charge on any atom is -0.311 e. The zero-order valence-electron chi connectivity index (χ0n) is 11.1. The van der Waals surface area contributed by atoms with E-state index in [4.69, 9.17) is 11.6 Å². The number of anilines is 1. The Morgan fingerprint density at radius 1 is 1.29 bits per heavy atom. The lowest BCUT2D eigenvalue weighted by molar-refractivity contribution is -0.114. The average molecular weight is 326 g/mol. The number of halogens is 1. The molecule has 0 bridgehead atoms. The molecule has 2 heterocycles. The van der Waals surface area contributed by atoms with Gasteiger partial charge in [0.2, 0.25) is 5.91 Å². The van der Waals surface area contributed by atoms with Gasteiger partial charge in [0.1, 0.15) is 5.82 Å². The number of carbonyl (C=O) groups excluding carboxylic acids is 1. The van der Waals surface area contributed by atoms with Gasteiger partial charge in [-0.15, -0.1) is 0 Å². The molecule has 21 heavy (non-hydrogen) atoms. The van der Waals surface area contributed by atoms with E-state index in [1.165, 1.54) is 11.6 Å². The number of fused-ring (bicyclic) bond motifs is 1. The topological polar surface area (TPSA) is 81.1 Å². The first-order chi connectivity index (χ1) is 9.85. The summed E-state index contributed by atoms with van der Waals surface area (Å²) >= 11 is 5.86. The van der Waals surface area contributed by atoms with Crippen LogP contribution in [0.25, 0.3) is 5.69 Å². The third kappa shape index (κ3) is 2.66. The van der Waals surface area contributed by atoms with E-state index >= 15 is 0 Å². The molecule has 0 atom stereocenters. The van der Waals surface area contributed by atoms with E-state index in [9.17, 15) is 13.2 Å². The number of carbonyl (C=O) groups is 1. The van der Waals surface area contributed by atoms with Crippen molar-refractivity contribution in [3.05, 3.63) is 40.5 Å². The van der Waals surface area contributed by atoms with Crippen molar-refractivity contribution < 1.29 is 13.2 Å². The van der Waals surface area contributed by atoms with Gasteiger partial charge in [0.15, 0.2) is 9.84 Å². The maximum Gasteiger partial charge on any atom is 0.222 e. The van der Waals surface area contributed by atoms with Crippen molar-refractivity contribution in [2.24, 2.45) is 0 Å². The van der Waals surface area contributed by atoms with E-state index in [1.54, 1.807) is 24.3 Å². The highest BCUT2D eigenvalue weighted by Crippen LogP contribution is 2.33. The molecule has 0 unspecified atom stereocenters. The van der Waals surface area contributed by atoms with Crippen molar-refractivity contribution in [2.75, 3.05) is 5.32 Å². The number of nitrogens with zero attached hydrogens (tertiary/aromatic N) is 2. The Morgan fingerprint density at radius 2 is 1.95 bits per heavy atom. The van der Waals surface area contributed by atoms with Gasteiger partial charge in [-0.1, -0.05) is 11.6 Å². The lowest BCUT2D eigenvalue weighted by atomic mass is 10.2. The molecule has 0 spiro atoms. The largest absolute Gasteiger partial charge is 0.311 e. The Balaban J connectivity index is 2.14. The van der Waals surface area contributed by atoms with Crippen LogP contribution in [-0.4, -0.2) is 24.1 Å². The summed E-state index contributed by atoms with van der Waals surface area (Å²) in [7, 11) is -3.17. The van der Waals surface area contributed by atoms with E-state index in [-0.39, 0.29) is 17.4 Å². The fourth-order valence-electron chi connectivity index (χ4n) is 2.31. The van der Waals surface area contributed by atoms with Crippen LogP contribution in [0.3, 0.4) is 0 Å². The first-order valence-electron chi connectivity index (χ1n) is 6.20. The number of benzene rings is 1. The second-order valence-electron chi connectivity index (χ2n) is 4.88. The molecule has 0 radical (unpaired) electrons. The molecule has 0 aliphatic carbocycles. The van der Waals surface area contributed by atoms with Gasteiger partial charge in [0, 0.05) is 17.5 Å². The summed E-state index contributed by atoms with van der Waals surface area (Å²) in [5, 5.41) is 7.57. The summed E-state index contributed by atoms with van der Waals surface area (Å²) in [6, 6.07) is 6.92. The van der Waals surface area contributed by atoms with Crippen molar-refractivity contribution in [2.45, 2.75) is 18.4 Å². The van der Waals surface area contributed by atoms with E-state index in [0.29, 0.717) is 27.8 Å². The van der Waals surface area contributed by atoms with E-state index in [2.05, 4.69) is 10.4 Å². The van der Waals surface area contributed by atoms with Crippen molar-refractivity contribution in [1.29, 1.82) is 0 Å². The summed E-state index contributed by atoms with van der Waals surface area (Å²) in [6.07, 6.45) is 0. The fourth-order valence-corrected chi connectivity index (χ4v) is 3.93. The first-order valence-corrected chi connectivity index (χ1v) is 8.40. The lowest BCUT2D eigenvalue weighted by Gasteiger charge is -2.09. The minimum atomic E-state index is -3.17. The van der Waals surface area contributed by atoms with Crippen LogP contribution in [0.2, 0.25) is 5.02 Å². The number of aromatic nitrogens is 2. The molecule has 0 saturated carbocycles. The summed E-state index contributed by atoms with van der Waals surface area (Å²) < 4.78 is 24.9. The molecule has 0 saturated heterocycles. The third-order valence-corrected chi connectivity index (χ3v) is 4.85. The van der Waals surface area contributed by atoms with Gasteiger partial charge in [0.25, 0.3) is 0 Å². The molecule has 0 fully saturated rings. The molecule has 1 aromatic carbocycles. The second-order valence-corrected chi connectivity index (χ2v) is 7.38. The molecule has 1 amide bonds. The van der Waals surface area contributed by atoms with E-state index in [1.807, 2.05) is 0 Å². The van der Waals surface area contributed by atoms with Crippen LogP contribution >= 0.6 is 11.6 Å². The zero-order chi connectivity index (χ0) is 15.2. The maximum absolute atomic E-state index is 11.7. The monoisotopic (exact) mass is 325 g/mol. The van der Waals surface area contributed by atoms with Crippen molar-refractivity contribution >= 4 is 33.2 Å². The first kappa shape index (κ1) is 14.1. The van der Waals surface area contributed by atoms with Crippen molar-refractivity contribution in [3.63, 3.8) is 0 Å². The maximum atomic E-state index is 11.7. The van der Waals surface area contributed by atoms with Crippen LogP contribution in [0.4, 0.5) is 5.82 Å². The number of nitrogens with one attached hydrogen (secondary N) is 1. The zero-order valence-corrected chi connectivity index (χ0v) is 12.7. The van der Waals surface area contributed by atoms with E-state index in [0.717, 1.165) is 0 Å². The molecule has 1 aliphatic heterocycles. The third-order valence-electron chi connectivity index (χ3n) is 3.15. The number of hydrogen-bond donors (Lipinski definition) is 1. The summed E-state index contributed by atoms with van der Waals surface area (Å²) in [6.45, 7) is 1.37. The number of rotatable bonds is 2. The average Bonchev–Trinajstić information content (AvgIpc) is 2.84. The van der Waals surface area contributed by atoms with Gasteiger partial charge in [-0.05, 0) is 24.3 Å². The summed E-state index contributed by atoms with van der Waals surface area (Å²) in [4.78, 5) is 11.4. The van der Waals surface area contributed by atoms with Gasteiger partial charge >= 0.3 is 0 Å². The molecule has 8 heteroatoms. The van der Waals surface area contributed by atoms with Gasteiger partial charge < -0.3 is 5.32 Å². The Morgan fingerprint density at radius 3 is 2.57 bits per heavy atom. The van der Waals surface area contributed by atoms with Crippen LogP contribution in [0, 0.1) is 0 Å². The standard InChI is InChI=1S/C13H12ClN3O3S/c1-8(18)15-13-11-6-21(19,20)7-12(11)16-17(13)10-4-2-9(14)3-5-10/h2-5H,6-7H2,1H3,(H,15,18). The molecule has 1 N–H and O–H groups in total. The van der Waals surface area contributed by atoms with Gasteiger partial charge in [-0.25, -0.2) is 13.1 Å². The molecule has 3 rings (SSSR count). The highest BCUT2D eigenvalue weighted by atomic mass is 35.5. The normalized spacial score (nSPS) is 15.7. The van der Waals surface area contributed by atoms with Gasteiger partial charge in [-0.3, -0.25) is 4.79 Å². The van der Waals surface area contributed by atoms with Crippen LogP contribution in [-0.2, 0) is 26.1 Å². The second kappa shape index (κ2) is 4.85. The number of amides is 1. The molecular weight excluding hydrogens is 314 g/mol.